The summed E-state index contributed by atoms with van der Waals surface area (Å²) >= 11 is 1.21. The molecule has 0 saturated heterocycles. The number of pyridine rings is 1. The smallest absolute Gasteiger partial charge is 0.274 e. The molecule has 0 bridgehead atoms. The number of carbonyl (C=O) groups is 1. The van der Waals surface area contributed by atoms with Gasteiger partial charge in [0.25, 0.3) is 5.91 Å². The van der Waals surface area contributed by atoms with E-state index in [4.69, 9.17) is 4.74 Å². The Morgan fingerprint density at radius 3 is 2.66 bits per heavy atom. The van der Waals surface area contributed by atoms with Gasteiger partial charge in [0.1, 0.15) is 10.8 Å². The fraction of sp³-hybridized carbons (Fsp3) is 0.364. The van der Waals surface area contributed by atoms with Gasteiger partial charge in [-0.2, -0.15) is 0 Å². The number of amides is 1. The normalized spacial score (nSPS) is 16.8. The lowest BCUT2D eigenvalue weighted by Gasteiger charge is -2.38. The highest BCUT2D eigenvalue weighted by molar-refractivity contribution is 7.14. The average Bonchev–Trinajstić information content (AvgIpc) is 3.25. The molecule has 1 aliphatic rings. The van der Waals surface area contributed by atoms with E-state index < -0.39 is 17.1 Å². The van der Waals surface area contributed by atoms with E-state index >= 15 is 0 Å². The number of ether oxygens (including phenoxy) is 1. The second-order valence-electron chi connectivity index (χ2n) is 7.63. The summed E-state index contributed by atoms with van der Waals surface area (Å²) in [7, 11) is 1.58. The van der Waals surface area contributed by atoms with Gasteiger partial charge in [0.05, 0.1) is 17.7 Å². The number of hydrogen-bond acceptors (Lipinski definition) is 7. The molecule has 0 fully saturated rings. The number of halogens is 1. The SMILES string of the molecule is CCN1C[C@H]([C@H](C)OC)n2cc(-c3nnc(Cc4ccc(F)cc4)s3)c(=O)c(O)c2C1=O. The summed E-state index contributed by atoms with van der Waals surface area (Å²) in [5.74, 6) is -1.32. The van der Waals surface area contributed by atoms with Gasteiger partial charge >= 0.3 is 0 Å². The summed E-state index contributed by atoms with van der Waals surface area (Å²) in [5.41, 5.74) is 0.311. The summed E-state index contributed by atoms with van der Waals surface area (Å²) in [4.78, 5) is 27.4. The van der Waals surface area contributed by atoms with Crippen LogP contribution in [-0.4, -0.2) is 57.0 Å². The first-order valence-electron chi connectivity index (χ1n) is 10.2. The van der Waals surface area contributed by atoms with Crippen LogP contribution in [0.1, 0.15) is 40.9 Å². The molecule has 2 atom stereocenters. The third-order valence-corrected chi connectivity index (χ3v) is 6.68. The maximum absolute atomic E-state index is 13.1. The van der Waals surface area contributed by atoms with Crippen molar-refractivity contribution in [2.24, 2.45) is 0 Å². The van der Waals surface area contributed by atoms with Crippen LogP contribution in [0.5, 0.6) is 5.75 Å². The van der Waals surface area contributed by atoms with E-state index in [0.29, 0.717) is 29.5 Å². The van der Waals surface area contributed by atoms with Crippen molar-refractivity contribution >= 4 is 17.2 Å². The minimum atomic E-state index is -0.671. The Morgan fingerprint density at radius 2 is 2.00 bits per heavy atom. The van der Waals surface area contributed by atoms with E-state index in [1.165, 1.54) is 23.5 Å². The highest BCUT2D eigenvalue weighted by Gasteiger charge is 2.37. The van der Waals surface area contributed by atoms with Crippen molar-refractivity contribution in [3.8, 4) is 16.3 Å². The topological polar surface area (TPSA) is 97.6 Å². The van der Waals surface area contributed by atoms with Crippen LogP contribution in [0.15, 0.2) is 35.3 Å². The zero-order chi connectivity index (χ0) is 23.0. The lowest BCUT2D eigenvalue weighted by molar-refractivity contribution is 0.0342. The Bertz CT molecular complexity index is 1210. The van der Waals surface area contributed by atoms with E-state index in [2.05, 4.69) is 10.2 Å². The maximum Gasteiger partial charge on any atom is 0.274 e. The van der Waals surface area contributed by atoms with Crippen molar-refractivity contribution in [3.63, 3.8) is 0 Å². The van der Waals surface area contributed by atoms with Gasteiger partial charge < -0.3 is 19.3 Å². The monoisotopic (exact) mass is 458 g/mol. The van der Waals surface area contributed by atoms with E-state index in [1.54, 1.807) is 34.9 Å². The predicted octanol–water partition coefficient (Wildman–Crippen LogP) is 2.85. The highest BCUT2D eigenvalue weighted by Crippen LogP contribution is 2.32. The minimum absolute atomic E-state index is 0.0446. The van der Waals surface area contributed by atoms with Crippen molar-refractivity contribution in [1.29, 1.82) is 0 Å². The van der Waals surface area contributed by atoms with Crippen LogP contribution in [0.4, 0.5) is 4.39 Å². The number of carbonyl (C=O) groups excluding carboxylic acids is 1. The largest absolute Gasteiger partial charge is 0.503 e. The molecule has 0 unspecified atom stereocenters. The molecule has 1 aliphatic heterocycles. The van der Waals surface area contributed by atoms with E-state index in [0.717, 1.165) is 5.56 Å². The Morgan fingerprint density at radius 1 is 1.28 bits per heavy atom. The summed E-state index contributed by atoms with van der Waals surface area (Å²) < 4.78 is 20.3. The van der Waals surface area contributed by atoms with Crippen molar-refractivity contribution in [3.05, 3.63) is 62.8 Å². The molecule has 168 valence electrons. The van der Waals surface area contributed by atoms with Crippen LogP contribution < -0.4 is 5.43 Å². The summed E-state index contributed by atoms with van der Waals surface area (Å²) in [6.07, 6.45) is 1.72. The van der Waals surface area contributed by atoms with Gasteiger partial charge in [0.2, 0.25) is 5.43 Å². The second kappa shape index (κ2) is 8.79. The summed E-state index contributed by atoms with van der Waals surface area (Å²) in [5, 5.41) is 20.0. The van der Waals surface area contributed by atoms with Crippen LogP contribution in [0.2, 0.25) is 0 Å². The molecule has 3 aromatic rings. The van der Waals surface area contributed by atoms with Crippen molar-refractivity contribution in [2.75, 3.05) is 20.2 Å². The first-order valence-corrected chi connectivity index (χ1v) is 11.0. The molecule has 0 aliphatic carbocycles. The van der Waals surface area contributed by atoms with Crippen LogP contribution in [0.25, 0.3) is 10.6 Å². The number of aromatic hydroxyl groups is 1. The van der Waals surface area contributed by atoms with E-state index in [1.807, 2.05) is 13.8 Å². The molecule has 32 heavy (non-hydrogen) atoms. The van der Waals surface area contributed by atoms with Crippen molar-refractivity contribution in [2.45, 2.75) is 32.4 Å². The number of fused-ring (bicyclic) bond motifs is 1. The Labute approximate surface area is 187 Å². The number of nitrogens with zero attached hydrogens (tertiary/aromatic N) is 4. The minimum Gasteiger partial charge on any atom is -0.503 e. The quantitative estimate of drug-likeness (QED) is 0.610. The van der Waals surface area contributed by atoms with Crippen LogP contribution in [0, 0.1) is 5.82 Å². The summed E-state index contributed by atoms with van der Waals surface area (Å²) in [6, 6.07) is 5.79. The fourth-order valence-electron chi connectivity index (χ4n) is 3.81. The summed E-state index contributed by atoms with van der Waals surface area (Å²) in [6.45, 7) is 4.56. The molecule has 0 saturated carbocycles. The standard InChI is InChI=1S/C22H23FN4O4S/c1-4-26-11-16(12(2)31-3)27-10-15(19(28)20(29)18(27)22(26)30)21-25-24-17(32-21)9-13-5-7-14(23)8-6-13/h5-8,10,12,16,29H,4,9,11H2,1-3H3/t12-,16+/m0/s1. The third kappa shape index (κ3) is 3.91. The van der Waals surface area contributed by atoms with E-state index in [9.17, 15) is 19.1 Å². The molecule has 8 nitrogen and oxygen atoms in total. The van der Waals surface area contributed by atoms with Crippen molar-refractivity contribution in [1.82, 2.24) is 19.7 Å². The first kappa shape index (κ1) is 22.1. The average molecular weight is 459 g/mol. The second-order valence-corrected chi connectivity index (χ2v) is 8.69. The number of benzene rings is 1. The van der Waals surface area contributed by atoms with Crippen LogP contribution in [0.3, 0.4) is 0 Å². The molecule has 10 heteroatoms. The fourth-order valence-corrected chi connectivity index (χ4v) is 4.69. The van der Waals surface area contributed by atoms with Gasteiger partial charge in [-0.05, 0) is 31.5 Å². The Kier molecular flexibility index (Phi) is 6.07. The van der Waals surface area contributed by atoms with Gasteiger partial charge in [0, 0.05) is 32.8 Å². The Balaban J connectivity index is 1.76. The maximum atomic E-state index is 13.1. The predicted molar refractivity (Wildman–Crippen MR) is 118 cm³/mol. The zero-order valence-corrected chi connectivity index (χ0v) is 18.7. The molecule has 1 aromatic carbocycles. The third-order valence-electron chi connectivity index (χ3n) is 5.73. The molecule has 1 amide bonds. The number of aromatic nitrogens is 3. The van der Waals surface area contributed by atoms with E-state index in [-0.39, 0.29) is 29.2 Å². The number of rotatable bonds is 6. The molecule has 1 N–H and O–H groups in total. The van der Waals surface area contributed by atoms with Crippen LogP contribution >= 0.6 is 11.3 Å². The number of hydrogen-bond donors (Lipinski definition) is 1. The zero-order valence-electron chi connectivity index (χ0n) is 17.9. The van der Waals surface area contributed by atoms with Crippen LogP contribution in [-0.2, 0) is 11.2 Å². The molecular weight excluding hydrogens is 435 g/mol. The van der Waals surface area contributed by atoms with Gasteiger partial charge in [-0.1, -0.05) is 23.5 Å². The van der Waals surface area contributed by atoms with Gasteiger partial charge in [-0.3, -0.25) is 9.59 Å². The number of likely N-dealkylation sites (N-methyl/N-ethyl adjacent to an activating group) is 1. The molecule has 2 aromatic heterocycles. The molecule has 4 rings (SSSR count). The van der Waals surface area contributed by atoms with Gasteiger partial charge in [0.15, 0.2) is 16.5 Å². The molecular formula is C22H23FN4O4S. The molecule has 3 heterocycles. The Hall–Kier alpha value is -3.11. The van der Waals surface area contributed by atoms with Gasteiger partial charge in [-0.15, -0.1) is 10.2 Å². The first-order chi connectivity index (χ1) is 15.3. The number of methoxy groups -OCH3 is 1. The molecule has 0 radical (unpaired) electrons. The van der Waals surface area contributed by atoms with Crippen molar-refractivity contribution < 1.29 is 19.0 Å². The highest BCUT2D eigenvalue weighted by atomic mass is 32.1. The lowest BCUT2D eigenvalue weighted by atomic mass is 10.0. The van der Waals surface area contributed by atoms with Gasteiger partial charge in [-0.25, -0.2) is 4.39 Å². The lowest BCUT2D eigenvalue weighted by Crippen LogP contribution is -2.47. The molecule has 0 spiro atoms.